The van der Waals surface area contributed by atoms with Crippen molar-refractivity contribution in [2.75, 3.05) is 26.1 Å². The van der Waals surface area contributed by atoms with Crippen LogP contribution in [-0.2, 0) is 0 Å². The van der Waals surface area contributed by atoms with Crippen LogP contribution in [0.25, 0.3) is 11.0 Å². The highest BCUT2D eigenvalue weighted by Gasteiger charge is 2.26. The third kappa shape index (κ3) is 3.21. The number of hydrogen-bond acceptors (Lipinski definition) is 4. The predicted molar refractivity (Wildman–Crippen MR) is 105 cm³/mol. The van der Waals surface area contributed by atoms with Crippen molar-refractivity contribution in [3.05, 3.63) is 78.6 Å². The van der Waals surface area contributed by atoms with E-state index < -0.39 is 0 Å². The van der Waals surface area contributed by atoms with E-state index in [2.05, 4.69) is 56.4 Å². The van der Waals surface area contributed by atoms with Crippen LogP contribution >= 0.6 is 0 Å². The lowest BCUT2D eigenvalue weighted by Gasteiger charge is -2.16. The van der Waals surface area contributed by atoms with Gasteiger partial charge in [-0.25, -0.2) is 0 Å². The highest BCUT2D eigenvalue weighted by atomic mass is 16.5. The molecule has 2 aromatic heterocycles. The summed E-state index contributed by atoms with van der Waals surface area (Å²) < 4.78 is 9.40. The van der Waals surface area contributed by atoms with Crippen LogP contribution in [0, 0.1) is 0 Å². The Kier molecular flexibility index (Phi) is 4.46. The molecule has 6 nitrogen and oxygen atoms in total. The van der Waals surface area contributed by atoms with E-state index in [1.165, 1.54) is 0 Å². The van der Waals surface area contributed by atoms with E-state index in [-0.39, 0.29) is 6.17 Å². The Morgan fingerprint density at radius 1 is 0.963 bits per heavy atom. The average Bonchev–Trinajstić information content (AvgIpc) is 3.13. The minimum Gasteiger partial charge on any atom is -0.497 e. The summed E-state index contributed by atoms with van der Waals surface area (Å²) >= 11 is 0. The van der Waals surface area contributed by atoms with Crippen LogP contribution in [0.4, 0.5) is 5.69 Å². The molecule has 2 heterocycles. The zero-order valence-electron chi connectivity index (χ0n) is 15.6. The number of pyridine rings is 1. The van der Waals surface area contributed by atoms with Gasteiger partial charge in [-0.2, -0.15) is 9.25 Å². The summed E-state index contributed by atoms with van der Waals surface area (Å²) in [5, 5.41) is 8.79. The number of methoxy groups -OCH3 is 1. The highest BCUT2D eigenvalue weighted by Crippen LogP contribution is 2.22. The van der Waals surface area contributed by atoms with Crippen molar-refractivity contribution in [3.63, 3.8) is 0 Å². The van der Waals surface area contributed by atoms with Gasteiger partial charge in [0.15, 0.2) is 12.4 Å². The quantitative estimate of drug-likeness (QED) is 0.514. The monoisotopic (exact) mass is 360 g/mol. The van der Waals surface area contributed by atoms with E-state index in [0.717, 1.165) is 28.0 Å². The molecule has 0 fully saturated rings. The summed E-state index contributed by atoms with van der Waals surface area (Å²) in [5.41, 5.74) is 4.10. The van der Waals surface area contributed by atoms with Gasteiger partial charge in [-0.3, -0.25) is 0 Å². The van der Waals surface area contributed by atoms with Crippen LogP contribution in [0.1, 0.15) is 11.7 Å². The molecule has 0 aliphatic rings. The van der Waals surface area contributed by atoms with Gasteiger partial charge in [-0.15, -0.1) is 5.10 Å². The van der Waals surface area contributed by atoms with Crippen molar-refractivity contribution in [2.24, 2.45) is 0 Å². The number of nitrogens with zero attached hydrogens (tertiary/aromatic N) is 5. The van der Waals surface area contributed by atoms with Gasteiger partial charge >= 0.3 is 0 Å². The minimum atomic E-state index is -0.153. The Labute approximate surface area is 158 Å². The van der Waals surface area contributed by atoms with Crippen molar-refractivity contribution < 1.29 is 9.30 Å². The van der Waals surface area contributed by atoms with Crippen molar-refractivity contribution in [2.45, 2.75) is 6.17 Å². The van der Waals surface area contributed by atoms with E-state index in [1.54, 1.807) is 7.11 Å². The number of fused-ring (bicyclic) bond motifs is 1. The van der Waals surface area contributed by atoms with Gasteiger partial charge in [0.1, 0.15) is 11.3 Å². The zero-order valence-corrected chi connectivity index (χ0v) is 15.6. The van der Waals surface area contributed by atoms with E-state index in [9.17, 15) is 0 Å². The van der Waals surface area contributed by atoms with Gasteiger partial charge in [-0.05, 0) is 36.4 Å². The summed E-state index contributed by atoms with van der Waals surface area (Å²) in [7, 11) is 5.74. The molecule has 0 N–H and O–H groups in total. The number of ether oxygens (including phenoxy) is 1. The highest BCUT2D eigenvalue weighted by molar-refractivity contribution is 5.74. The fraction of sp³-hybridized carbons (Fsp3) is 0.190. The first-order valence-electron chi connectivity index (χ1n) is 8.79. The van der Waals surface area contributed by atoms with Gasteiger partial charge in [0.2, 0.25) is 0 Å². The standard InChI is InChI=1S/C21H22N5O/c1-24(2)17-12-14-25(15-13-17)21(16-8-10-18(27-3)11-9-16)26-20-7-5-4-6-19(20)22-23-26/h4-15,21H,1-3H3/q+1. The first-order chi connectivity index (χ1) is 13.2. The molecule has 1 unspecified atom stereocenters. The number of aromatic nitrogens is 4. The SMILES string of the molecule is COc1ccc(C(n2nnc3ccccc32)[n+]2ccc(N(C)C)cc2)cc1. The van der Waals surface area contributed by atoms with Crippen LogP contribution in [-0.4, -0.2) is 36.2 Å². The van der Waals surface area contributed by atoms with Crippen LogP contribution in [0.5, 0.6) is 5.75 Å². The summed E-state index contributed by atoms with van der Waals surface area (Å²) in [6.45, 7) is 0. The van der Waals surface area contributed by atoms with Crippen LogP contribution in [0.2, 0.25) is 0 Å². The van der Waals surface area contributed by atoms with Crippen LogP contribution in [0.3, 0.4) is 0 Å². The van der Waals surface area contributed by atoms with E-state index in [1.807, 2.05) is 55.2 Å². The normalized spacial score (nSPS) is 12.1. The van der Waals surface area contributed by atoms with E-state index in [0.29, 0.717) is 0 Å². The Balaban J connectivity index is 1.86. The Bertz CT molecular complexity index is 1040. The van der Waals surface area contributed by atoms with Crippen molar-refractivity contribution in [1.29, 1.82) is 0 Å². The second-order valence-electron chi connectivity index (χ2n) is 6.57. The van der Waals surface area contributed by atoms with Crippen molar-refractivity contribution in [3.8, 4) is 5.75 Å². The lowest BCUT2D eigenvalue weighted by Crippen LogP contribution is -2.44. The maximum atomic E-state index is 5.31. The third-order valence-electron chi connectivity index (χ3n) is 4.66. The number of anilines is 1. The molecular formula is C21H22N5O+. The molecule has 0 radical (unpaired) electrons. The second kappa shape index (κ2) is 7.07. The molecule has 2 aromatic carbocycles. The lowest BCUT2D eigenvalue weighted by molar-refractivity contribution is -0.719. The molecule has 0 saturated carbocycles. The molecular weight excluding hydrogens is 338 g/mol. The van der Waals surface area contributed by atoms with Gasteiger partial charge in [0, 0.05) is 37.5 Å². The van der Waals surface area contributed by atoms with Crippen LogP contribution < -0.4 is 14.2 Å². The number of hydrogen-bond donors (Lipinski definition) is 0. The molecule has 0 bridgehead atoms. The smallest absolute Gasteiger partial charge is 0.280 e. The molecule has 6 heteroatoms. The first kappa shape index (κ1) is 17.0. The van der Waals surface area contributed by atoms with Gasteiger partial charge < -0.3 is 9.64 Å². The lowest BCUT2D eigenvalue weighted by atomic mass is 10.1. The molecule has 0 amide bonds. The molecule has 0 aliphatic carbocycles. The maximum Gasteiger partial charge on any atom is 0.280 e. The fourth-order valence-corrected chi connectivity index (χ4v) is 3.17. The number of para-hydroxylation sites is 1. The minimum absolute atomic E-state index is 0.153. The van der Waals surface area contributed by atoms with Crippen LogP contribution in [0.15, 0.2) is 73.1 Å². The second-order valence-corrected chi connectivity index (χ2v) is 6.57. The Morgan fingerprint density at radius 2 is 1.67 bits per heavy atom. The first-order valence-corrected chi connectivity index (χ1v) is 8.79. The number of benzene rings is 2. The maximum absolute atomic E-state index is 5.31. The Morgan fingerprint density at radius 3 is 2.33 bits per heavy atom. The Hall–Kier alpha value is -3.41. The molecule has 0 saturated heterocycles. The topological polar surface area (TPSA) is 47.1 Å². The summed E-state index contributed by atoms with van der Waals surface area (Å²) in [6, 6.07) is 20.2. The van der Waals surface area contributed by atoms with Gasteiger partial charge in [-0.1, -0.05) is 17.3 Å². The number of rotatable bonds is 5. The largest absolute Gasteiger partial charge is 0.497 e. The molecule has 4 rings (SSSR count). The summed E-state index contributed by atoms with van der Waals surface area (Å²) in [5.74, 6) is 0.828. The third-order valence-corrected chi connectivity index (χ3v) is 4.66. The molecule has 0 spiro atoms. The van der Waals surface area contributed by atoms with E-state index >= 15 is 0 Å². The molecule has 136 valence electrons. The van der Waals surface area contributed by atoms with Crippen molar-refractivity contribution in [1.82, 2.24) is 15.0 Å². The molecule has 1 atom stereocenters. The van der Waals surface area contributed by atoms with Gasteiger partial charge in [0.05, 0.1) is 12.6 Å². The fourth-order valence-electron chi connectivity index (χ4n) is 3.17. The molecule has 0 aliphatic heterocycles. The molecule has 4 aromatic rings. The van der Waals surface area contributed by atoms with Crippen molar-refractivity contribution >= 4 is 16.7 Å². The predicted octanol–water partition coefficient (Wildman–Crippen LogP) is 2.89. The summed E-state index contributed by atoms with van der Waals surface area (Å²) in [6.07, 6.45) is 3.99. The van der Waals surface area contributed by atoms with E-state index in [4.69, 9.17) is 4.74 Å². The molecule has 27 heavy (non-hydrogen) atoms. The average molecular weight is 360 g/mol. The van der Waals surface area contributed by atoms with Gasteiger partial charge in [0.25, 0.3) is 6.17 Å². The summed E-state index contributed by atoms with van der Waals surface area (Å²) in [4.78, 5) is 2.08. The zero-order chi connectivity index (χ0) is 18.8.